The van der Waals surface area contributed by atoms with Crippen molar-refractivity contribution in [3.05, 3.63) is 12.2 Å². The summed E-state index contributed by atoms with van der Waals surface area (Å²) in [7, 11) is -4.49. The second-order valence-corrected chi connectivity index (χ2v) is 8.67. The molecule has 0 amide bonds. The Morgan fingerprint density at radius 1 is 0.808 bits per heavy atom. The van der Waals surface area contributed by atoms with Crippen LogP contribution in [0.2, 0.25) is 0 Å². The molecule has 0 spiro atoms. The van der Waals surface area contributed by atoms with Crippen molar-refractivity contribution in [2.45, 2.75) is 108 Å². The first kappa shape index (κ1) is 25.1. The maximum atomic E-state index is 10.9. The van der Waals surface area contributed by atoms with Crippen molar-refractivity contribution in [1.82, 2.24) is 0 Å². The van der Waals surface area contributed by atoms with Crippen molar-refractivity contribution in [3.8, 4) is 0 Å². The molecule has 0 aliphatic rings. The van der Waals surface area contributed by atoms with Crippen LogP contribution in [0.4, 0.5) is 0 Å². The summed E-state index contributed by atoms with van der Waals surface area (Å²) in [5, 5.41) is 7.11. The Bertz CT molecular complexity index is 471. The summed E-state index contributed by atoms with van der Waals surface area (Å²) < 4.78 is 30.7. The first-order valence-corrected chi connectivity index (χ1v) is 11.7. The molecule has 1 unspecified atom stereocenters. The van der Waals surface area contributed by atoms with Gasteiger partial charge in [0, 0.05) is 0 Å². The van der Waals surface area contributed by atoms with Crippen molar-refractivity contribution in [2.75, 3.05) is 0 Å². The number of rotatable bonds is 18. The average molecular weight is 391 g/mol. The van der Waals surface area contributed by atoms with Crippen LogP contribution in [-0.2, 0) is 14.9 Å². The monoisotopic (exact) mass is 390 g/mol. The summed E-state index contributed by atoms with van der Waals surface area (Å²) in [6.07, 6.45) is 20.5. The molecule has 0 fully saturated rings. The number of carboxylic acid groups (broad SMARTS) is 1. The van der Waals surface area contributed by atoms with Crippen LogP contribution >= 0.6 is 0 Å². The highest BCUT2D eigenvalue weighted by atomic mass is 32.2. The van der Waals surface area contributed by atoms with E-state index in [1.54, 1.807) is 0 Å². The summed E-state index contributed by atoms with van der Waals surface area (Å²) in [6, 6.07) is 0. The average Bonchev–Trinajstić information content (AvgIpc) is 2.56. The minimum absolute atomic E-state index is 0.0185. The number of unbranched alkanes of at least 4 members (excludes halogenated alkanes) is 12. The summed E-state index contributed by atoms with van der Waals surface area (Å²) >= 11 is 0. The molecule has 5 nitrogen and oxygen atoms in total. The van der Waals surface area contributed by atoms with Gasteiger partial charge in [-0.3, -0.25) is 9.35 Å². The lowest BCUT2D eigenvalue weighted by Gasteiger charge is -2.08. The number of aliphatic carboxylic acids is 1. The molecule has 0 aromatic heterocycles. The van der Waals surface area contributed by atoms with E-state index in [1.165, 1.54) is 44.9 Å². The molecule has 0 rings (SSSR count). The molecule has 0 heterocycles. The fourth-order valence-electron chi connectivity index (χ4n) is 2.98. The summed E-state index contributed by atoms with van der Waals surface area (Å²) in [4.78, 5) is 10.8. The van der Waals surface area contributed by atoms with Gasteiger partial charge >= 0.3 is 5.97 Å². The van der Waals surface area contributed by atoms with Crippen LogP contribution in [0, 0.1) is 0 Å². The van der Waals surface area contributed by atoms with Crippen molar-refractivity contribution in [1.29, 1.82) is 0 Å². The molecule has 0 saturated heterocycles. The lowest BCUT2D eigenvalue weighted by Crippen LogP contribution is -2.29. The molecule has 0 aromatic rings. The quantitative estimate of drug-likeness (QED) is 0.176. The number of carbonyl (C=O) groups is 1. The molecular weight excluding hydrogens is 352 g/mol. The van der Waals surface area contributed by atoms with Crippen LogP contribution in [-0.4, -0.2) is 29.3 Å². The molecule has 0 aromatic carbocycles. The molecule has 0 saturated carbocycles. The fraction of sp³-hybridized carbons (Fsp3) is 0.850. The van der Waals surface area contributed by atoms with E-state index in [0.717, 1.165) is 38.5 Å². The van der Waals surface area contributed by atoms with Gasteiger partial charge in [-0.15, -0.1) is 0 Å². The maximum Gasteiger partial charge on any atom is 0.324 e. The van der Waals surface area contributed by atoms with Gasteiger partial charge in [0.25, 0.3) is 10.1 Å². The van der Waals surface area contributed by atoms with E-state index in [0.29, 0.717) is 6.42 Å². The Balaban J connectivity index is 3.43. The lowest BCUT2D eigenvalue weighted by molar-refractivity contribution is -0.136. The predicted octanol–water partition coefficient (Wildman–Crippen LogP) is 5.76. The van der Waals surface area contributed by atoms with Crippen LogP contribution < -0.4 is 0 Å². The highest BCUT2D eigenvalue weighted by Crippen LogP contribution is 2.14. The predicted molar refractivity (Wildman–Crippen MR) is 107 cm³/mol. The molecule has 6 heteroatoms. The lowest BCUT2D eigenvalue weighted by atomic mass is 10.1. The molecule has 0 aliphatic heterocycles. The van der Waals surface area contributed by atoms with Crippen molar-refractivity contribution in [3.63, 3.8) is 0 Å². The van der Waals surface area contributed by atoms with Crippen LogP contribution in [0.5, 0.6) is 0 Å². The fourth-order valence-corrected chi connectivity index (χ4v) is 3.70. The smallest absolute Gasteiger partial charge is 0.324 e. The zero-order valence-electron chi connectivity index (χ0n) is 16.4. The van der Waals surface area contributed by atoms with Gasteiger partial charge in [0.05, 0.1) is 0 Å². The molecule has 0 bridgehead atoms. The third-order valence-electron chi connectivity index (χ3n) is 4.61. The molecule has 2 N–H and O–H groups in total. The Morgan fingerprint density at radius 2 is 1.23 bits per heavy atom. The second-order valence-electron chi connectivity index (χ2n) is 7.07. The molecular formula is C20H38O5S. The summed E-state index contributed by atoms with van der Waals surface area (Å²) in [6.45, 7) is 2.24. The minimum Gasteiger partial charge on any atom is -0.480 e. The van der Waals surface area contributed by atoms with Gasteiger partial charge in [-0.05, 0) is 32.1 Å². The Morgan fingerprint density at radius 3 is 1.65 bits per heavy atom. The summed E-state index contributed by atoms with van der Waals surface area (Å²) in [5.74, 6) is -1.47. The van der Waals surface area contributed by atoms with E-state index >= 15 is 0 Å². The zero-order chi connectivity index (χ0) is 19.7. The maximum absolute atomic E-state index is 10.9. The van der Waals surface area contributed by atoms with E-state index in [4.69, 9.17) is 9.66 Å². The Hall–Kier alpha value is -0.880. The largest absolute Gasteiger partial charge is 0.480 e. The van der Waals surface area contributed by atoms with Gasteiger partial charge in [0.2, 0.25) is 0 Å². The third-order valence-corrected chi connectivity index (χ3v) is 5.77. The number of carboxylic acids is 1. The molecule has 0 radical (unpaired) electrons. The molecule has 154 valence electrons. The first-order valence-electron chi connectivity index (χ1n) is 10.2. The van der Waals surface area contributed by atoms with Crippen LogP contribution in [0.3, 0.4) is 0 Å². The zero-order valence-corrected chi connectivity index (χ0v) is 17.2. The van der Waals surface area contributed by atoms with Crippen molar-refractivity contribution >= 4 is 16.1 Å². The standard InChI is InChI=1S/C20H38O5S/c1-2-3-4-5-6-7-8-9-10-11-12-13-14-15-16-17-18-19(20(21)22)26(23,24)25/h9-10,19H,2-8,11-18H2,1H3,(H,21,22)(H,23,24,25)/b10-9-. The van der Waals surface area contributed by atoms with Crippen LogP contribution in [0.25, 0.3) is 0 Å². The third kappa shape index (κ3) is 15.4. The van der Waals surface area contributed by atoms with Gasteiger partial charge in [-0.1, -0.05) is 83.3 Å². The number of hydrogen-bond donors (Lipinski definition) is 2. The minimum atomic E-state index is -4.49. The van der Waals surface area contributed by atoms with E-state index < -0.39 is 21.3 Å². The van der Waals surface area contributed by atoms with E-state index in [9.17, 15) is 13.2 Å². The number of allylic oxidation sites excluding steroid dienone is 2. The van der Waals surface area contributed by atoms with Crippen molar-refractivity contribution in [2.24, 2.45) is 0 Å². The second kappa shape index (κ2) is 16.3. The van der Waals surface area contributed by atoms with E-state index in [-0.39, 0.29) is 6.42 Å². The summed E-state index contributed by atoms with van der Waals surface area (Å²) in [5.41, 5.74) is 0. The van der Waals surface area contributed by atoms with Gasteiger partial charge in [0.1, 0.15) is 0 Å². The van der Waals surface area contributed by atoms with Crippen LogP contribution in [0.15, 0.2) is 12.2 Å². The molecule has 26 heavy (non-hydrogen) atoms. The first-order chi connectivity index (χ1) is 12.4. The molecule has 0 aliphatic carbocycles. The highest BCUT2D eigenvalue weighted by Gasteiger charge is 2.29. The number of hydrogen-bond acceptors (Lipinski definition) is 3. The van der Waals surface area contributed by atoms with Gasteiger partial charge in [0.15, 0.2) is 5.25 Å². The van der Waals surface area contributed by atoms with Gasteiger partial charge in [-0.25, -0.2) is 0 Å². The van der Waals surface area contributed by atoms with E-state index in [2.05, 4.69) is 19.1 Å². The molecule has 1 atom stereocenters. The highest BCUT2D eigenvalue weighted by molar-refractivity contribution is 7.87. The topological polar surface area (TPSA) is 91.7 Å². The normalized spacial score (nSPS) is 13.3. The van der Waals surface area contributed by atoms with Crippen LogP contribution in [0.1, 0.15) is 103 Å². The van der Waals surface area contributed by atoms with Gasteiger partial charge in [-0.2, -0.15) is 8.42 Å². The van der Waals surface area contributed by atoms with Gasteiger partial charge < -0.3 is 5.11 Å². The van der Waals surface area contributed by atoms with Crippen molar-refractivity contribution < 1.29 is 22.9 Å². The van der Waals surface area contributed by atoms with E-state index in [1.807, 2.05) is 0 Å². The Kier molecular flexibility index (Phi) is 15.8. The SMILES string of the molecule is CCCCCCCC/C=C\CCCCCCCCC(C(=O)O)S(=O)(=O)O. The Labute approximate surface area is 160 Å².